The van der Waals surface area contributed by atoms with Crippen LogP contribution in [-0.2, 0) is 26.6 Å². The Morgan fingerprint density at radius 3 is 2.54 bits per heavy atom. The van der Waals surface area contributed by atoms with Gasteiger partial charge in [-0.1, -0.05) is 0 Å². The van der Waals surface area contributed by atoms with Gasteiger partial charge in [-0.2, -0.15) is 16.9 Å². The molecule has 0 unspecified atom stereocenters. The van der Waals surface area contributed by atoms with Gasteiger partial charge in [-0.15, -0.1) is 0 Å². The number of carbonyl (C=O) groups is 2. The summed E-state index contributed by atoms with van der Waals surface area (Å²) in [4.78, 5) is 26.4. The normalized spacial score (nSPS) is 18.6. The van der Waals surface area contributed by atoms with E-state index in [1.54, 1.807) is 11.8 Å². The molecule has 2 N–H and O–H groups in total. The van der Waals surface area contributed by atoms with Crippen LogP contribution in [0.2, 0.25) is 0 Å². The van der Waals surface area contributed by atoms with E-state index in [4.69, 9.17) is 0 Å². The van der Waals surface area contributed by atoms with Gasteiger partial charge in [0.25, 0.3) is 0 Å². The molecule has 0 spiro atoms. The molecule has 0 aliphatic carbocycles. The third-order valence-electron chi connectivity index (χ3n) is 4.37. The van der Waals surface area contributed by atoms with Crippen LogP contribution in [0.15, 0.2) is 0 Å². The maximum absolute atomic E-state index is 12.5. The Labute approximate surface area is 145 Å². The lowest BCUT2D eigenvalue weighted by atomic mass is 10.1. The van der Waals surface area contributed by atoms with Crippen molar-refractivity contribution in [3.8, 4) is 0 Å². The van der Waals surface area contributed by atoms with Crippen molar-refractivity contribution in [3.05, 3.63) is 11.3 Å². The van der Waals surface area contributed by atoms with Crippen LogP contribution in [-0.4, -0.2) is 50.8 Å². The van der Waals surface area contributed by atoms with E-state index in [-0.39, 0.29) is 11.6 Å². The van der Waals surface area contributed by atoms with Crippen LogP contribution in [0, 0.1) is 0 Å². The third kappa shape index (κ3) is 3.30. The van der Waals surface area contributed by atoms with E-state index < -0.39 is 11.8 Å². The summed E-state index contributed by atoms with van der Waals surface area (Å²) < 4.78 is 1.81. The first-order chi connectivity index (χ1) is 11.3. The van der Waals surface area contributed by atoms with E-state index in [0.29, 0.717) is 31.7 Å². The summed E-state index contributed by atoms with van der Waals surface area (Å²) in [7, 11) is 0. The van der Waals surface area contributed by atoms with Crippen molar-refractivity contribution >= 4 is 29.4 Å². The van der Waals surface area contributed by atoms with Gasteiger partial charge in [0.15, 0.2) is 0 Å². The maximum atomic E-state index is 12.5. The number of aliphatic hydroxyl groups is 1. The fourth-order valence-corrected chi connectivity index (χ4v) is 4.04. The molecule has 2 amide bonds. The van der Waals surface area contributed by atoms with Gasteiger partial charge in [-0.05, 0) is 33.6 Å². The topological polar surface area (TPSA) is 87.5 Å². The molecule has 132 valence electrons. The van der Waals surface area contributed by atoms with E-state index in [0.717, 1.165) is 22.8 Å². The molecule has 0 aromatic carbocycles. The average molecular weight is 352 g/mol. The lowest BCUT2D eigenvalue weighted by Crippen LogP contribution is -2.45. The summed E-state index contributed by atoms with van der Waals surface area (Å²) in [6.07, 6.45) is 0.662. The van der Waals surface area contributed by atoms with E-state index >= 15 is 0 Å². The zero-order valence-electron chi connectivity index (χ0n) is 14.3. The average Bonchev–Trinajstić information content (AvgIpc) is 3.09. The number of hydrogen-bond acceptors (Lipinski definition) is 5. The minimum atomic E-state index is -0.628. The van der Waals surface area contributed by atoms with Gasteiger partial charge in [0.1, 0.15) is 5.82 Å². The second-order valence-electron chi connectivity index (χ2n) is 7.33. The van der Waals surface area contributed by atoms with Crippen LogP contribution in [0.5, 0.6) is 0 Å². The molecule has 3 rings (SSSR count). The van der Waals surface area contributed by atoms with Gasteiger partial charge in [0.2, 0.25) is 0 Å². The van der Waals surface area contributed by atoms with Gasteiger partial charge in [0, 0.05) is 30.2 Å². The van der Waals surface area contributed by atoms with Crippen LogP contribution >= 0.6 is 11.8 Å². The summed E-state index contributed by atoms with van der Waals surface area (Å²) in [5, 5.41) is 17.0. The number of thioether (sulfide) groups is 1. The van der Waals surface area contributed by atoms with E-state index in [1.165, 1.54) is 4.90 Å². The molecule has 0 radical (unpaired) electrons. The molecule has 1 fully saturated rings. The highest BCUT2D eigenvalue weighted by atomic mass is 32.2. The van der Waals surface area contributed by atoms with Crippen molar-refractivity contribution in [3.63, 3.8) is 0 Å². The van der Waals surface area contributed by atoms with Crippen molar-refractivity contribution in [1.82, 2.24) is 14.7 Å². The molecular weight excluding hydrogens is 328 g/mol. The highest BCUT2D eigenvalue weighted by Gasteiger charge is 2.32. The van der Waals surface area contributed by atoms with Gasteiger partial charge in [0.05, 0.1) is 17.3 Å². The van der Waals surface area contributed by atoms with Crippen LogP contribution in [0.1, 0.15) is 44.9 Å². The SMILES string of the molecule is CC(C)(C)n1nc2c(c1NC(=O)C(=O)N1CCC(O)CC1)CSC2. The predicted octanol–water partition coefficient (Wildman–Crippen LogP) is 1.31. The standard InChI is InChI=1S/C16H24N4O3S/c1-16(2,3)20-13(11-8-24-9-12(11)18-20)17-14(22)15(23)19-6-4-10(21)5-7-19/h10,21H,4-9H2,1-3H3,(H,17,22). The molecule has 1 aromatic heterocycles. The minimum absolute atomic E-state index is 0.282. The molecule has 2 aliphatic rings. The first kappa shape index (κ1) is 17.3. The number of aromatic nitrogens is 2. The molecule has 3 heterocycles. The number of carbonyl (C=O) groups excluding carboxylic acids is 2. The zero-order valence-corrected chi connectivity index (χ0v) is 15.2. The van der Waals surface area contributed by atoms with Crippen molar-refractivity contribution < 1.29 is 14.7 Å². The Hall–Kier alpha value is -1.54. The highest BCUT2D eigenvalue weighted by molar-refractivity contribution is 7.98. The Morgan fingerprint density at radius 1 is 1.25 bits per heavy atom. The van der Waals surface area contributed by atoms with Crippen molar-refractivity contribution in [1.29, 1.82) is 0 Å². The molecule has 0 atom stereocenters. The zero-order chi connectivity index (χ0) is 17.5. The Bertz CT molecular complexity index is 657. The number of fused-ring (bicyclic) bond motifs is 1. The Morgan fingerprint density at radius 2 is 1.92 bits per heavy atom. The van der Waals surface area contributed by atoms with Gasteiger partial charge in [-0.3, -0.25) is 9.59 Å². The first-order valence-electron chi connectivity index (χ1n) is 8.24. The number of piperidine rings is 1. The maximum Gasteiger partial charge on any atom is 0.315 e. The minimum Gasteiger partial charge on any atom is -0.393 e. The van der Waals surface area contributed by atoms with Crippen molar-refractivity contribution in [2.75, 3.05) is 18.4 Å². The second-order valence-corrected chi connectivity index (χ2v) is 8.31. The molecular formula is C16H24N4O3S. The molecule has 7 nitrogen and oxygen atoms in total. The van der Waals surface area contributed by atoms with Gasteiger partial charge >= 0.3 is 11.8 Å². The first-order valence-corrected chi connectivity index (χ1v) is 9.40. The number of hydrogen-bond donors (Lipinski definition) is 2. The number of amides is 2. The Balaban J connectivity index is 1.78. The van der Waals surface area contributed by atoms with Crippen LogP contribution < -0.4 is 5.32 Å². The van der Waals surface area contributed by atoms with Gasteiger partial charge in [-0.25, -0.2) is 4.68 Å². The highest BCUT2D eigenvalue weighted by Crippen LogP contribution is 2.37. The lowest BCUT2D eigenvalue weighted by molar-refractivity contribution is -0.144. The molecule has 0 saturated carbocycles. The predicted molar refractivity (Wildman–Crippen MR) is 92.7 cm³/mol. The number of anilines is 1. The smallest absolute Gasteiger partial charge is 0.315 e. The molecule has 2 aliphatic heterocycles. The summed E-state index contributed by atoms with van der Waals surface area (Å²) in [5.41, 5.74) is 1.72. The number of nitrogens with one attached hydrogen (secondary N) is 1. The van der Waals surface area contributed by atoms with Crippen LogP contribution in [0.25, 0.3) is 0 Å². The van der Waals surface area contributed by atoms with E-state index in [2.05, 4.69) is 10.4 Å². The van der Waals surface area contributed by atoms with Crippen molar-refractivity contribution in [2.45, 2.75) is 56.8 Å². The molecule has 8 heteroatoms. The summed E-state index contributed by atoms with van der Waals surface area (Å²) in [6.45, 7) is 6.89. The van der Waals surface area contributed by atoms with Crippen LogP contribution in [0.3, 0.4) is 0 Å². The second kappa shape index (κ2) is 6.40. The Kier molecular flexibility index (Phi) is 4.61. The molecule has 24 heavy (non-hydrogen) atoms. The monoisotopic (exact) mass is 352 g/mol. The fourth-order valence-electron chi connectivity index (χ4n) is 3.00. The van der Waals surface area contributed by atoms with Crippen LogP contribution in [0.4, 0.5) is 5.82 Å². The fraction of sp³-hybridized carbons (Fsp3) is 0.688. The summed E-state index contributed by atoms with van der Waals surface area (Å²) >= 11 is 1.76. The number of aliphatic hydroxyl groups excluding tert-OH is 1. The molecule has 0 bridgehead atoms. The number of nitrogens with zero attached hydrogens (tertiary/aromatic N) is 3. The van der Waals surface area contributed by atoms with E-state index in [9.17, 15) is 14.7 Å². The number of rotatable bonds is 1. The summed E-state index contributed by atoms with van der Waals surface area (Å²) in [6, 6.07) is 0. The van der Waals surface area contributed by atoms with Gasteiger partial charge < -0.3 is 15.3 Å². The summed E-state index contributed by atoms with van der Waals surface area (Å²) in [5.74, 6) is 1.10. The third-order valence-corrected chi connectivity index (χ3v) is 5.34. The van der Waals surface area contributed by atoms with Crippen molar-refractivity contribution in [2.24, 2.45) is 0 Å². The quantitative estimate of drug-likeness (QED) is 0.744. The molecule has 1 saturated heterocycles. The van der Waals surface area contributed by atoms with E-state index in [1.807, 2.05) is 25.5 Å². The lowest BCUT2D eigenvalue weighted by Gasteiger charge is -2.29. The molecule has 1 aromatic rings. The largest absolute Gasteiger partial charge is 0.393 e. The number of likely N-dealkylation sites (tertiary alicyclic amines) is 1.